The monoisotopic (exact) mass is 260 g/mol. The highest BCUT2D eigenvalue weighted by Crippen LogP contribution is 2.33. The van der Waals surface area contributed by atoms with Gasteiger partial charge in [-0.2, -0.15) is 5.10 Å². The van der Waals surface area contributed by atoms with E-state index in [1.54, 1.807) is 0 Å². The summed E-state index contributed by atoms with van der Waals surface area (Å²) >= 11 is 0. The van der Waals surface area contributed by atoms with Gasteiger partial charge in [-0.25, -0.2) is 4.79 Å². The molecule has 5 heteroatoms. The highest BCUT2D eigenvalue weighted by atomic mass is 16.5. The first-order valence-electron chi connectivity index (χ1n) is 6.06. The lowest BCUT2D eigenvalue weighted by molar-refractivity contribution is 0.0690. The predicted molar refractivity (Wildman–Crippen MR) is 71.6 cm³/mol. The highest BCUT2D eigenvalue weighted by Gasteiger charge is 2.15. The maximum Gasteiger partial charge on any atom is 0.353 e. The third-order valence-electron chi connectivity index (χ3n) is 2.79. The minimum absolute atomic E-state index is 0.0663. The quantitative estimate of drug-likeness (QED) is 0.886. The van der Waals surface area contributed by atoms with Crippen LogP contribution in [-0.4, -0.2) is 27.9 Å². The van der Waals surface area contributed by atoms with Gasteiger partial charge in [-0.05, 0) is 44.0 Å². The summed E-state index contributed by atoms with van der Waals surface area (Å²) in [6, 6.07) is 5.48. The number of carboxylic acid groups (broad SMARTS) is 1. The van der Waals surface area contributed by atoms with Gasteiger partial charge in [0.25, 0.3) is 0 Å². The van der Waals surface area contributed by atoms with Gasteiger partial charge in [0, 0.05) is 5.56 Å². The number of hydrogen-bond donors (Lipinski definition) is 2. The van der Waals surface area contributed by atoms with E-state index in [9.17, 15) is 4.79 Å². The Morgan fingerprint density at radius 1 is 1.37 bits per heavy atom. The first-order valence-corrected chi connectivity index (χ1v) is 6.06. The van der Waals surface area contributed by atoms with E-state index < -0.39 is 5.97 Å². The molecule has 5 nitrogen and oxygen atoms in total. The SMILES string of the molecule is CCOc1c(C)cc(C)cc1-c1cc(C(=O)O)[nH]n1. The molecule has 0 radical (unpaired) electrons. The number of H-pyrrole nitrogens is 1. The van der Waals surface area contributed by atoms with Crippen LogP contribution in [0.3, 0.4) is 0 Å². The fraction of sp³-hybridized carbons (Fsp3) is 0.286. The van der Waals surface area contributed by atoms with Crippen molar-refractivity contribution >= 4 is 5.97 Å². The number of nitrogens with one attached hydrogen (secondary N) is 1. The molecule has 0 aliphatic rings. The smallest absolute Gasteiger partial charge is 0.353 e. The molecule has 0 aliphatic carbocycles. The van der Waals surface area contributed by atoms with E-state index >= 15 is 0 Å². The number of aryl methyl sites for hydroxylation is 2. The van der Waals surface area contributed by atoms with Crippen molar-refractivity contribution in [1.29, 1.82) is 0 Å². The molecule has 0 aliphatic heterocycles. The van der Waals surface area contributed by atoms with Gasteiger partial charge in [-0.1, -0.05) is 6.07 Å². The minimum atomic E-state index is -1.03. The van der Waals surface area contributed by atoms with Crippen molar-refractivity contribution in [3.8, 4) is 17.0 Å². The van der Waals surface area contributed by atoms with Crippen LogP contribution in [0.15, 0.2) is 18.2 Å². The third-order valence-corrected chi connectivity index (χ3v) is 2.79. The van der Waals surface area contributed by atoms with Crippen LogP contribution in [0.25, 0.3) is 11.3 Å². The molecule has 19 heavy (non-hydrogen) atoms. The molecule has 0 fully saturated rings. The van der Waals surface area contributed by atoms with E-state index in [-0.39, 0.29) is 5.69 Å². The molecule has 0 unspecified atom stereocenters. The van der Waals surface area contributed by atoms with Gasteiger partial charge in [-0.15, -0.1) is 0 Å². The number of aromatic carboxylic acids is 1. The topological polar surface area (TPSA) is 75.2 Å². The average molecular weight is 260 g/mol. The fourth-order valence-corrected chi connectivity index (χ4v) is 2.05. The second-order valence-electron chi connectivity index (χ2n) is 4.36. The van der Waals surface area contributed by atoms with Crippen molar-refractivity contribution in [2.45, 2.75) is 20.8 Å². The van der Waals surface area contributed by atoms with Crippen LogP contribution >= 0.6 is 0 Å². The van der Waals surface area contributed by atoms with Crippen molar-refractivity contribution in [2.75, 3.05) is 6.61 Å². The van der Waals surface area contributed by atoms with Gasteiger partial charge in [0.2, 0.25) is 0 Å². The molecule has 0 saturated carbocycles. The molecule has 0 amide bonds. The first-order chi connectivity index (χ1) is 9.02. The zero-order valence-electron chi connectivity index (χ0n) is 11.2. The first kappa shape index (κ1) is 13.1. The van der Waals surface area contributed by atoms with E-state index in [0.717, 1.165) is 22.4 Å². The molecule has 1 aromatic heterocycles. The summed E-state index contributed by atoms with van der Waals surface area (Å²) in [5.74, 6) is -0.280. The normalized spacial score (nSPS) is 10.5. The summed E-state index contributed by atoms with van der Waals surface area (Å²) in [6.07, 6.45) is 0. The average Bonchev–Trinajstić information content (AvgIpc) is 2.81. The van der Waals surface area contributed by atoms with Crippen LogP contribution in [-0.2, 0) is 0 Å². The summed E-state index contributed by atoms with van der Waals surface area (Å²) in [5.41, 5.74) is 3.54. The molecule has 0 saturated heterocycles. The number of nitrogens with zero attached hydrogens (tertiary/aromatic N) is 1. The van der Waals surface area contributed by atoms with E-state index in [4.69, 9.17) is 9.84 Å². The fourth-order valence-electron chi connectivity index (χ4n) is 2.05. The van der Waals surface area contributed by atoms with Gasteiger partial charge >= 0.3 is 5.97 Å². The molecule has 1 aromatic carbocycles. The maximum atomic E-state index is 10.9. The summed E-state index contributed by atoms with van der Waals surface area (Å²) in [6.45, 7) is 6.41. The van der Waals surface area contributed by atoms with Crippen LogP contribution in [0.4, 0.5) is 0 Å². The molecule has 0 bridgehead atoms. The largest absolute Gasteiger partial charge is 0.493 e. The van der Waals surface area contributed by atoms with Gasteiger partial charge in [-0.3, -0.25) is 5.10 Å². The molecule has 0 atom stereocenters. The molecule has 2 N–H and O–H groups in total. The number of rotatable bonds is 4. The second kappa shape index (κ2) is 5.14. The van der Waals surface area contributed by atoms with Gasteiger partial charge in [0.05, 0.1) is 12.3 Å². The predicted octanol–water partition coefficient (Wildman–Crippen LogP) is 2.79. The number of ether oxygens (including phenoxy) is 1. The van der Waals surface area contributed by atoms with Gasteiger partial charge in [0.1, 0.15) is 11.4 Å². The lowest BCUT2D eigenvalue weighted by Gasteiger charge is -2.12. The Balaban J connectivity index is 2.55. The zero-order valence-corrected chi connectivity index (χ0v) is 11.2. The van der Waals surface area contributed by atoms with Gasteiger partial charge < -0.3 is 9.84 Å². The van der Waals surface area contributed by atoms with Crippen molar-refractivity contribution in [3.63, 3.8) is 0 Å². The van der Waals surface area contributed by atoms with E-state index in [0.29, 0.717) is 12.3 Å². The van der Waals surface area contributed by atoms with Crippen LogP contribution < -0.4 is 4.74 Å². The Labute approximate surface area is 111 Å². The lowest BCUT2D eigenvalue weighted by atomic mass is 10.0. The van der Waals surface area contributed by atoms with Crippen LogP contribution in [0.2, 0.25) is 0 Å². The van der Waals surface area contributed by atoms with Gasteiger partial charge in [0.15, 0.2) is 0 Å². The zero-order chi connectivity index (χ0) is 14.0. The standard InChI is InChI=1S/C14H16N2O3/c1-4-19-13-9(3)5-8(2)6-10(13)11-7-12(14(17)18)16-15-11/h5-7H,4H2,1-3H3,(H,15,16)(H,17,18). The Hall–Kier alpha value is -2.30. The number of carboxylic acids is 1. The highest BCUT2D eigenvalue weighted by molar-refractivity contribution is 5.87. The number of aromatic nitrogens is 2. The minimum Gasteiger partial charge on any atom is -0.493 e. The van der Waals surface area contributed by atoms with E-state index in [2.05, 4.69) is 10.2 Å². The molecule has 1 heterocycles. The number of carbonyl (C=O) groups is 1. The van der Waals surface area contributed by atoms with Crippen molar-refractivity contribution < 1.29 is 14.6 Å². The Morgan fingerprint density at radius 2 is 2.11 bits per heavy atom. The number of aromatic amines is 1. The van der Waals surface area contributed by atoms with E-state index in [1.807, 2.05) is 32.9 Å². The Kier molecular flexibility index (Phi) is 3.55. The van der Waals surface area contributed by atoms with Crippen molar-refractivity contribution in [3.05, 3.63) is 35.0 Å². The summed E-state index contributed by atoms with van der Waals surface area (Å²) in [4.78, 5) is 10.9. The second-order valence-corrected chi connectivity index (χ2v) is 4.36. The number of hydrogen-bond acceptors (Lipinski definition) is 3. The lowest BCUT2D eigenvalue weighted by Crippen LogP contribution is -1.98. The van der Waals surface area contributed by atoms with Crippen LogP contribution in [0, 0.1) is 13.8 Å². The molecule has 0 spiro atoms. The third kappa shape index (κ3) is 2.59. The molecular weight excluding hydrogens is 244 g/mol. The number of benzene rings is 1. The summed E-state index contributed by atoms with van der Waals surface area (Å²) in [7, 11) is 0. The van der Waals surface area contributed by atoms with Crippen molar-refractivity contribution in [1.82, 2.24) is 10.2 Å². The van der Waals surface area contributed by atoms with Crippen molar-refractivity contribution in [2.24, 2.45) is 0 Å². The van der Waals surface area contributed by atoms with E-state index in [1.165, 1.54) is 6.07 Å². The molecule has 2 rings (SSSR count). The molecule has 2 aromatic rings. The Morgan fingerprint density at radius 3 is 2.68 bits per heavy atom. The summed E-state index contributed by atoms with van der Waals surface area (Å²) in [5, 5.41) is 15.5. The summed E-state index contributed by atoms with van der Waals surface area (Å²) < 4.78 is 5.65. The van der Waals surface area contributed by atoms with Crippen LogP contribution in [0.5, 0.6) is 5.75 Å². The van der Waals surface area contributed by atoms with Crippen LogP contribution in [0.1, 0.15) is 28.5 Å². The Bertz CT molecular complexity index is 617. The maximum absolute atomic E-state index is 10.9. The molecule has 100 valence electrons. The molecular formula is C14H16N2O3.